The molecule has 0 saturated heterocycles. The third-order valence-corrected chi connectivity index (χ3v) is 5.56. The molecule has 172 valence electrons. The van der Waals surface area contributed by atoms with Crippen LogP contribution in [0.1, 0.15) is 48.5 Å². The number of benzene rings is 2. The maximum absolute atomic E-state index is 13.6. The molecular weight excluding hydrogens is 420 g/mol. The standard InChI is InChI=1S/C24H27F2NO5/c1-4-19-20(11-22(25)26)21-10-18(31-14-29-3)9-16(12-27)24(21)32-23(19)15-5-7-17(8-6-15)30-13-28-2/h5-10,19-20,22-23H,4,11,13-14H2,1-3H3/t19-,20?,23-/m0/s1. The number of nitrogens with zero attached hydrogens (tertiary/aromatic N) is 1. The molecule has 0 spiro atoms. The van der Waals surface area contributed by atoms with E-state index in [4.69, 9.17) is 23.7 Å². The van der Waals surface area contributed by atoms with Gasteiger partial charge in [0.1, 0.15) is 29.4 Å². The maximum Gasteiger partial charge on any atom is 0.239 e. The predicted octanol–water partition coefficient (Wildman–Crippen LogP) is 5.42. The van der Waals surface area contributed by atoms with Crippen molar-refractivity contribution in [1.82, 2.24) is 0 Å². The molecule has 0 fully saturated rings. The van der Waals surface area contributed by atoms with Crippen LogP contribution in [0.4, 0.5) is 8.78 Å². The molecule has 2 aromatic rings. The molecule has 0 saturated carbocycles. The summed E-state index contributed by atoms with van der Waals surface area (Å²) in [4.78, 5) is 0. The van der Waals surface area contributed by atoms with E-state index < -0.39 is 18.4 Å². The van der Waals surface area contributed by atoms with Crippen molar-refractivity contribution in [2.75, 3.05) is 27.8 Å². The number of rotatable bonds is 10. The van der Waals surface area contributed by atoms with E-state index in [-0.39, 0.29) is 31.5 Å². The smallest absolute Gasteiger partial charge is 0.239 e. The number of fused-ring (bicyclic) bond motifs is 1. The van der Waals surface area contributed by atoms with E-state index >= 15 is 0 Å². The van der Waals surface area contributed by atoms with Crippen LogP contribution < -0.4 is 14.2 Å². The highest BCUT2D eigenvalue weighted by Gasteiger charge is 2.41. The summed E-state index contributed by atoms with van der Waals surface area (Å²) in [7, 11) is 3.02. The number of methoxy groups -OCH3 is 2. The van der Waals surface area contributed by atoms with Gasteiger partial charge in [-0.1, -0.05) is 19.1 Å². The molecule has 3 rings (SSSR count). The van der Waals surface area contributed by atoms with Crippen molar-refractivity contribution in [2.45, 2.75) is 38.2 Å². The van der Waals surface area contributed by atoms with Gasteiger partial charge in [0.05, 0.1) is 5.56 Å². The zero-order chi connectivity index (χ0) is 23.1. The Bertz CT molecular complexity index is 929. The Morgan fingerprint density at radius 2 is 1.69 bits per heavy atom. The number of hydrogen-bond donors (Lipinski definition) is 0. The van der Waals surface area contributed by atoms with Crippen molar-refractivity contribution in [1.29, 1.82) is 5.26 Å². The first kappa shape index (κ1) is 23.8. The monoisotopic (exact) mass is 447 g/mol. The zero-order valence-corrected chi connectivity index (χ0v) is 18.3. The lowest BCUT2D eigenvalue weighted by Crippen LogP contribution is -2.31. The van der Waals surface area contributed by atoms with E-state index in [0.717, 1.165) is 5.56 Å². The van der Waals surface area contributed by atoms with E-state index in [0.29, 0.717) is 29.2 Å². The minimum Gasteiger partial charge on any atom is -0.484 e. The van der Waals surface area contributed by atoms with Crippen molar-refractivity contribution < 1.29 is 32.5 Å². The first-order valence-corrected chi connectivity index (χ1v) is 10.4. The molecule has 1 unspecified atom stereocenters. The third-order valence-electron chi connectivity index (χ3n) is 5.56. The maximum atomic E-state index is 13.6. The summed E-state index contributed by atoms with van der Waals surface area (Å²) in [6, 6.07) is 12.6. The highest BCUT2D eigenvalue weighted by molar-refractivity contribution is 5.56. The minimum atomic E-state index is -2.50. The van der Waals surface area contributed by atoms with Crippen LogP contribution in [0.2, 0.25) is 0 Å². The Morgan fingerprint density at radius 1 is 1.03 bits per heavy atom. The Hall–Kier alpha value is -2.89. The fourth-order valence-corrected chi connectivity index (χ4v) is 4.17. The number of alkyl halides is 2. The van der Waals surface area contributed by atoms with Gasteiger partial charge in [0.15, 0.2) is 13.6 Å². The molecule has 3 atom stereocenters. The molecule has 0 amide bonds. The van der Waals surface area contributed by atoms with Gasteiger partial charge < -0.3 is 23.7 Å². The normalized spacial score (nSPS) is 19.7. The van der Waals surface area contributed by atoms with Gasteiger partial charge in [-0.2, -0.15) is 5.26 Å². The molecule has 0 bridgehead atoms. The lowest BCUT2D eigenvalue weighted by atomic mass is 9.74. The average Bonchev–Trinajstić information content (AvgIpc) is 2.80. The summed E-state index contributed by atoms with van der Waals surface area (Å²) in [6.45, 7) is 2.07. The van der Waals surface area contributed by atoms with Crippen molar-refractivity contribution in [3.63, 3.8) is 0 Å². The minimum absolute atomic E-state index is 0.0126. The van der Waals surface area contributed by atoms with Gasteiger partial charge in [-0.05, 0) is 36.1 Å². The van der Waals surface area contributed by atoms with Crippen molar-refractivity contribution >= 4 is 0 Å². The van der Waals surface area contributed by atoms with Crippen LogP contribution in [0.15, 0.2) is 36.4 Å². The van der Waals surface area contributed by atoms with Crippen molar-refractivity contribution in [3.05, 3.63) is 53.1 Å². The zero-order valence-electron chi connectivity index (χ0n) is 18.3. The first-order valence-electron chi connectivity index (χ1n) is 10.4. The van der Waals surface area contributed by atoms with Gasteiger partial charge in [0, 0.05) is 38.2 Å². The molecule has 0 aromatic heterocycles. The average molecular weight is 447 g/mol. The van der Waals surface area contributed by atoms with Crippen LogP contribution >= 0.6 is 0 Å². The molecule has 1 aliphatic heterocycles. The highest BCUT2D eigenvalue weighted by Crippen LogP contribution is 2.52. The Balaban J connectivity index is 2.03. The predicted molar refractivity (Wildman–Crippen MR) is 113 cm³/mol. The molecule has 2 aromatic carbocycles. The summed E-state index contributed by atoms with van der Waals surface area (Å²) >= 11 is 0. The van der Waals surface area contributed by atoms with Crippen LogP contribution in [-0.2, 0) is 9.47 Å². The Labute approximate surface area is 186 Å². The van der Waals surface area contributed by atoms with Crippen LogP contribution in [0, 0.1) is 17.2 Å². The molecule has 6 nitrogen and oxygen atoms in total. The quantitative estimate of drug-likeness (QED) is 0.453. The van der Waals surface area contributed by atoms with Crippen molar-refractivity contribution in [3.8, 4) is 23.3 Å². The van der Waals surface area contributed by atoms with Crippen LogP contribution in [0.3, 0.4) is 0 Å². The number of hydrogen-bond acceptors (Lipinski definition) is 6. The molecule has 32 heavy (non-hydrogen) atoms. The Morgan fingerprint density at radius 3 is 2.25 bits per heavy atom. The molecule has 0 aliphatic carbocycles. The van der Waals surface area contributed by atoms with Crippen molar-refractivity contribution in [2.24, 2.45) is 5.92 Å². The molecule has 0 N–H and O–H groups in total. The Kier molecular flexibility index (Phi) is 8.26. The van der Waals surface area contributed by atoms with Crippen LogP contribution in [0.5, 0.6) is 17.2 Å². The summed E-state index contributed by atoms with van der Waals surface area (Å²) in [6.07, 6.45) is -2.70. The fourth-order valence-electron chi connectivity index (χ4n) is 4.17. The SMILES string of the molecule is CC[C@H]1C(CC(F)F)c2cc(OCOC)cc(C#N)c2O[C@H]1c1ccc(OCOC)cc1. The van der Waals surface area contributed by atoms with Gasteiger partial charge in [-0.25, -0.2) is 8.78 Å². The van der Waals surface area contributed by atoms with E-state index in [1.165, 1.54) is 14.2 Å². The van der Waals surface area contributed by atoms with E-state index in [9.17, 15) is 14.0 Å². The number of ether oxygens (including phenoxy) is 5. The van der Waals surface area contributed by atoms with E-state index in [1.54, 1.807) is 24.3 Å². The second-order valence-electron chi connectivity index (χ2n) is 7.52. The number of nitriles is 1. The van der Waals surface area contributed by atoms with Crippen LogP contribution in [-0.4, -0.2) is 34.2 Å². The van der Waals surface area contributed by atoms with E-state index in [2.05, 4.69) is 6.07 Å². The largest absolute Gasteiger partial charge is 0.484 e. The summed E-state index contributed by atoms with van der Waals surface area (Å²) in [5.41, 5.74) is 1.64. The third kappa shape index (κ3) is 5.29. The molecule has 0 radical (unpaired) electrons. The second kappa shape index (κ2) is 11.1. The topological polar surface area (TPSA) is 69.9 Å². The van der Waals surface area contributed by atoms with Gasteiger partial charge in [-0.15, -0.1) is 0 Å². The molecule has 1 heterocycles. The summed E-state index contributed by atoms with van der Waals surface area (Å²) in [5, 5.41) is 9.72. The molecule has 8 heteroatoms. The second-order valence-corrected chi connectivity index (χ2v) is 7.52. The van der Waals surface area contributed by atoms with Gasteiger partial charge in [0.25, 0.3) is 0 Å². The van der Waals surface area contributed by atoms with E-state index in [1.807, 2.05) is 19.1 Å². The van der Waals surface area contributed by atoms with Gasteiger partial charge in [0.2, 0.25) is 6.43 Å². The van der Waals surface area contributed by atoms with Gasteiger partial charge in [-0.3, -0.25) is 0 Å². The van der Waals surface area contributed by atoms with Gasteiger partial charge >= 0.3 is 0 Å². The fraction of sp³-hybridized carbons (Fsp3) is 0.458. The lowest BCUT2D eigenvalue weighted by molar-refractivity contribution is 0.0462. The lowest BCUT2D eigenvalue weighted by Gasteiger charge is -2.40. The highest BCUT2D eigenvalue weighted by atomic mass is 19.3. The van der Waals surface area contributed by atoms with Crippen LogP contribution in [0.25, 0.3) is 0 Å². The molecular formula is C24H27F2NO5. The number of halogens is 2. The first-order chi connectivity index (χ1) is 15.5. The summed E-state index contributed by atoms with van der Waals surface area (Å²) < 4.78 is 54.3. The molecule has 1 aliphatic rings. The summed E-state index contributed by atoms with van der Waals surface area (Å²) in [5.74, 6) is 0.625.